The highest BCUT2D eigenvalue weighted by atomic mass is 16.4. The number of amides is 1. The molecule has 1 saturated heterocycles. The van der Waals surface area contributed by atoms with Gasteiger partial charge in [-0.05, 0) is 39.1 Å². The minimum absolute atomic E-state index is 0.0716. The maximum atomic E-state index is 12.6. The monoisotopic (exact) mass is 276 g/mol. The van der Waals surface area contributed by atoms with Gasteiger partial charge in [-0.1, -0.05) is 12.1 Å². The average molecular weight is 276 g/mol. The fourth-order valence-electron chi connectivity index (χ4n) is 2.68. The first-order valence-electron chi connectivity index (χ1n) is 6.82. The van der Waals surface area contributed by atoms with Crippen LogP contribution in [0.1, 0.15) is 34.1 Å². The SMILES string of the molecule is CC1CN(C)CCCN1C(=O)c1ccccc1C(=O)O. The van der Waals surface area contributed by atoms with Crippen molar-refractivity contribution in [3.8, 4) is 0 Å². The van der Waals surface area contributed by atoms with Crippen LogP contribution in [0.3, 0.4) is 0 Å². The van der Waals surface area contributed by atoms with Crippen LogP contribution in [0.4, 0.5) is 0 Å². The van der Waals surface area contributed by atoms with Crippen LogP contribution in [-0.2, 0) is 0 Å². The molecule has 1 unspecified atom stereocenters. The molecule has 1 atom stereocenters. The molecular weight excluding hydrogens is 256 g/mol. The van der Waals surface area contributed by atoms with Crippen LogP contribution in [-0.4, -0.2) is 59.5 Å². The van der Waals surface area contributed by atoms with Crippen LogP contribution in [0.15, 0.2) is 24.3 Å². The Labute approximate surface area is 118 Å². The van der Waals surface area contributed by atoms with Crippen molar-refractivity contribution in [2.45, 2.75) is 19.4 Å². The van der Waals surface area contributed by atoms with Crippen LogP contribution < -0.4 is 0 Å². The molecule has 1 aromatic rings. The molecule has 0 saturated carbocycles. The Morgan fingerprint density at radius 2 is 1.85 bits per heavy atom. The molecule has 0 aromatic heterocycles. The van der Waals surface area contributed by atoms with Crippen LogP contribution >= 0.6 is 0 Å². The second-order valence-electron chi connectivity index (χ2n) is 5.31. The molecular formula is C15H20N2O3. The molecule has 0 radical (unpaired) electrons. The summed E-state index contributed by atoms with van der Waals surface area (Å²) in [6.45, 7) is 4.43. The van der Waals surface area contributed by atoms with Gasteiger partial charge in [0.25, 0.3) is 5.91 Å². The van der Waals surface area contributed by atoms with Crippen LogP contribution in [0.2, 0.25) is 0 Å². The number of aromatic carboxylic acids is 1. The van der Waals surface area contributed by atoms with Crippen molar-refractivity contribution >= 4 is 11.9 Å². The predicted molar refractivity (Wildman–Crippen MR) is 76.0 cm³/mol. The summed E-state index contributed by atoms with van der Waals surface area (Å²) in [4.78, 5) is 27.8. The van der Waals surface area contributed by atoms with Gasteiger partial charge in [0.1, 0.15) is 0 Å². The molecule has 0 bridgehead atoms. The highest BCUT2D eigenvalue weighted by Gasteiger charge is 2.27. The Morgan fingerprint density at radius 3 is 2.50 bits per heavy atom. The number of carboxylic acids is 1. The molecule has 2 rings (SSSR count). The molecule has 1 N–H and O–H groups in total. The van der Waals surface area contributed by atoms with Gasteiger partial charge in [-0.15, -0.1) is 0 Å². The number of carbonyl (C=O) groups is 2. The highest BCUT2D eigenvalue weighted by Crippen LogP contribution is 2.16. The maximum absolute atomic E-state index is 12.6. The number of hydrogen-bond donors (Lipinski definition) is 1. The Hall–Kier alpha value is -1.88. The smallest absolute Gasteiger partial charge is 0.336 e. The molecule has 0 aliphatic carbocycles. The van der Waals surface area contributed by atoms with Crippen LogP contribution in [0.5, 0.6) is 0 Å². The van der Waals surface area contributed by atoms with Crippen LogP contribution in [0, 0.1) is 0 Å². The summed E-state index contributed by atoms with van der Waals surface area (Å²) in [5, 5.41) is 9.20. The van der Waals surface area contributed by atoms with E-state index in [1.807, 2.05) is 14.0 Å². The Morgan fingerprint density at radius 1 is 1.20 bits per heavy atom. The lowest BCUT2D eigenvalue weighted by Gasteiger charge is -2.28. The van der Waals surface area contributed by atoms with Crippen molar-refractivity contribution in [3.63, 3.8) is 0 Å². The fraction of sp³-hybridized carbons (Fsp3) is 0.467. The van der Waals surface area contributed by atoms with Gasteiger partial charge in [0.05, 0.1) is 11.1 Å². The number of likely N-dealkylation sites (N-methyl/N-ethyl adjacent to an activating group) is 1. The Kier molecular flexibility index (Phi) is 4.39. The van der Waals surface area contributed by atoms with E-state index in [-0.39, 0.29) is 23.1 Å². The normalized spacial score (nSPS) is 20.5. The van der Waals surface area contributed by atoms with E-state index >= 15 is 0 Å². The molecule has 108 valence electrons. The van der Waals surface area contributed by atoms with Crippen molar-refractivity contribution in [2.75, 3.05) is 26.7 Å². The van der Waals surface area contributed by atoms with Gasteiger partial charge in [-0.2, -0.15) is 0 Å². The first-order chi connectivity index (χ1) is 9.50. The van der Waals surface area contributed by atoms with Gasteiger partial charge >= 0.3 is 5.97 Å². The molecule has 1 fully saturated rings. The number of nitrogens with zero attached hydrogens (tertiary/aromatic N) is 2. The van der Waals surface area contributed by atoms with Crippen molar-refractivity contribution in [2.24, 2.45) is 0 Å². The highest BCUT2D eigenvalue weighted by molar-refractivity contribution is 6.04. The molecule has 1 aliphatic heterocycles. The number of carboxylic acid groups (broad SMARTS) is 1. The average Bonchev–Trinajstić information content (AvgIpc) is 2.58. The summed E-state index contributed by atoms with van der Waals surface area (Å²) in [7, 11) is 2.04. The summed E-state index contributed by atoms with van der Waals surface area (Å²) in [6, 6.07) is 6.49. The van der Waals surface area contributed by atoms with Crippen LogP contribution in [0.25, 0.3) is 0 Å². The summed E-state index contributed by atoms with van der Waals surface area (Å²) >= 11 is 0. The molecule has 1 amide bonds. The first kappa shape index (κ1) is 14.5. The number of carbonyl (C=O) groups excluding carboxylic acids is 1. The van der Waals surface area contributed by atoms with Crippen molar-refractivity contribution in [1.29, 1.82) is 0 Å². The first-order valence-corrected chi connectivity index (χ1v) is 6.82. The number of benzene rings is 1. The number of rotatable bonds is 2. The Balaban J connectivity index is 2.29. The summed E-state index contributed by atoms with van der Waals surface area (Å²) in [5.41, 5.74) is 0.346. The van der Waals surface area contributed by atoms with E-state index in [9.17, 15) is 14.7 Å². The molecule has 5 heteroatoms. The van der Waals surface area contributed by atoms with Gasteiger partial charge < -0.3 is 14.9 Å². The summed E-state index contributed by atoms with van der Waals surface area (Å²) < 4.78 is 0. The lowest BCUT2D eigenvalue weighted by Crippen LogP contribution is -2.42. The van der Waals surface area contributed by atoms with E-state index in [1.54, 1.807) is 23.1 Å². The fourth-order valence-corrected chi connectivity index (χ4v) is 2.68. The molecule has 0 spiro atoms. The Bertz CT molecular complexity index is 516. The van der Waals surface area contributed by atoms with E-state index in [1.165, 1.54) is 6.07 Å². The van der Waals surface area contributed by atoms with Crippen molar-refractivity contribution in [1.82, 2.24) is 9.80 Å². The van der Waals surface area contributed by atoms with E-state index in [4.69, 9.17) is 0 Å². The maximum Gasteiger partial charge on any atom is 0.336 e. The van der Waals surface area contributed by atoms with Gasteiger partial charge in [-0.25, -0.2) is 4.79 Å². The molecule has 5 nitrogen and oxygen atoms in total. The zero-order valence-electron chi connectivity index (χ0n) is 11.9. The van der Waals surface area contributed by atoms with Gasteiger partial charge in [0.2, 0.25) is 0 Å². The van der Waals surface area contributed by atoms with E-state index in [2.05, 4.69) is 4.90 Å². The molecule has 1 aromatic carbocycles. The molecule has 20 heavy (non-hydrogen) atoms. The zero-order valence-corrected chi connectivity index (χ0v) is 11.9. The van der Waals surface area contributed by atoms with E-state index < -0.39 is 5.97 Å². The van der Waals surface area contributed by atoms with E-state index in [0.717, 1.165) is 19.5 Å². The molecule has 1 heterocycles. The predicted octanol–water partition coefficient (Wildman–Crippen LogP) is 1.55. The number of hydrogen-bond acceptors (Lipinski definition) is 3. The van der Waals surface area contributed by atoms with E-state index in [0.29, 0.717) is 6.54 Å². The lowest BCUT2D eigenvalue weighted by atomic mass is 10.1. The minimum atomic E-state index is -1.06. The summed E-state index contributed by atoms with van der Waals surface area (Å²) in [6.07, 6.45) is 0.905. The standard InChI is InChI=1S/C15H20N2O3/c1-11-10-16(2)8-5-9-17(11)14(18)12-6-3-4-7-13(12)15(19)20/h3-4,6-7,11H,5,8-10H2,1-2H3,(H,19,20). The molecule has 1 aliphatic rings. The third-order valence-corrected chi connectivity index (χ3v) is 3.70. The quantitative estimate of drug-likeness (QED) is 0.890. The topological polar surface area (TPSA) is 60.9 Å². The van der Waals surface area contributed by atoms with Gasteiger partial charge in [0.15, 0.2) is 0 Å². The zero-order chi connectivity index (χ0) is 14.7. The van der Waals surface area contributed by atoms with Gasteiger partial charge in [-0.3, -0.25) is 4.79 Å². The lowest BCUT2D eigenvalue weighted by molar-refractivity contribution is 0.0654. The third kappa shape index (κ3) is 2.99. The minimum Gasteiger partial charge on any atom is -0.478 e. The van der Waals surface area contributed by atoms with Crippen molar-refractivity contribution < 1.29 is 14.7 Å². The largest absolute Gasteiger partial charge is 0.478 e. The third-order valence-electron chi connectivity index (χ3n) is 3.70. The van der Waals surface area contributed by atoms with Crippen molar-refractivity contribution in [3.05, 3.63) is 35.4 Å². The summed E-state index contributed by atoms with van der Waals surface area (Å²) in [5.74, 6) is -1.25. The van der Waals surface area contributed by atoms with Gasteiger partial charge in [0, 0.05) is 19.1 Å². The second kappa shape index (κ2) is 6.05. The second-order valence-corrected chi connectivity index (χ2v) is 5.31.